The molecule has 0 aromatic heterocycles. The number of hydrogen-bond acceptors (Lipinski definition) is 3. The van der Waals surface area contributed by atoms with Gasteiger partial charge >= 0.3 is 6.03 Å². The molecule has 0 aliphatic rings. The Labute approximate surface area is 124 Å². The fourth-order valence-electron chi connectivity index (χ4n) is 1.77. The Morgan fingerprint density at radius 1 is 1.50 bits per heavy atom. The monoisotopic (exact) mass is 300 g/mol. The van der Waals surface area contributed by atoms with E-state index in [1.807, 2.05) is 25.1 Å². The fraction of sp³-hybridized carbons (Fsp3) is 0.500. The number of nitrogens with one attached hydrogen (secondary N) is 2. The van der Waals surface area contributed by atoms with Gasteiger partial charge in [-0.3, -0.25) is 0 Å². The maximum absolute atomic E-state index is 11.7. The van der Waals surface area contributed by atoms with Crippen LogP contribution in [0, 0.1) is 0 Å². The number of halogens is 1. The zero-order chi connectivity index (χ0) is 15.0. The Bertz CT molecular complexity index is 429. The van der Waals surface area contributed by atoms with Crippen LogP contribution in [0.3, 0.4) is 0 Å². The molecule has 1 aromatic rings. The number of urea groups is 1. The van der Waals surface area contributed by atoms with Gasteiger partial charge in [0.25, 0.3) is 0 Å². The van der Waals surface area contributed by atoms with E-state index >= 15 is 0 Å². The lowest BCUT2D eigenvalue weighted by atomic mass is 10.1. The van der Waals surface area contributed by atoms with Crippen LogP contribution in [0.4, 0.5) is 4.79 Å². The lowest BCUT2D eigenvalue weighted by molar-refractivity contribution is 0.104. The highest BCUT2D eigenvalue weighted by molar-refractivity contribution is 6.30. The number of carbonyl (C=O) groups excluding carboxylic acids is 1. The van der Waals surface area contributed by atoms with Crippen LogP contribution in [-0.4, -0.2) is 37.4 Å². The molecule has 6 heteroatoms. The Hall–Kier alpha value is -1.30. The van der Waals surface area contributed by atoms with Crippen molar-refractivity contribution in [3.8, 4) is 0 Å². The van der Waals surface area contributed by atoms with Gasteiger partial charge in [0, 0.05) is 31.3 Å². The van der Waals surface area contributed by atoms with E-state index in [1.165, 1.54) is 0 Å². The Morgan fingerprint density at radius 2 is 2.25 bits per heavy atom. The van der Waals surface area contributed by atoms with Gasteiger partial charge in [0.1, 0.15) is 0 Å². The molecule has 0 saturated carbocycles. The van der Waals surface area contributed by atoms with Crippen molar-refractivity contribution in [2.24, 2.45) is 0 Å². The topological polar surface area (TPSA) is 70.6 Å². The van der Waals surface area contributed by atoms with Crippen molar-refractivity contribution < 1.29 is 14.6 Å². The molecular weight excluding hydrogens is 280 g/mol. The summed E-state index contributed by atoms with van der Waals surface area (Å²) in [6.45, 7) is 2.22. The summed E-state index contributed by atoms with van der Waals surface area (Å²) in [5, 5.41) is 14.9. The van der Waals surface area contributed by atoms with Gasteiger partial charge < -0.3 is 20.5 Å². The number of rotatable bonds is 7. The van der Waals surface area contributed by atoms with Crippen molar-refractivity contribution in [3.63, 3.8) is 0 Å². The number of aliphatic hydroxyl groups excluding tert-OH is 1. The lowest BCUT2D eigenvalue weighted by Gasteiger charge is -2.18. The summed E-state index contributed by atoms with van der Waals surface area (Å²) in [6.07, 6.45) is 0.266. The molecule has 112 valence electrons. The van der Waals surface area contributed by atoms with E-state index in [9.17, 15) is 4.79 Å². The third-order valence-electron chi connectivity index (χ3n) is 2.89. The van der Waals surface area contributed by atoms with Crippen LogP contribution in [-0.2, 0) is 4.74 Å². The number of carbonyl (C=O) groups is 1. The molecule has 2 amide bonds. The van der Waals surface area contributed by atoms with Crippen LogP contribution in [0.1, 0.15) is 25.0 Å². The molecule has 1 aromatic carbocycles. The molecule has 5 nitrogen and oxygen atoms in total. The molecule has 0 saturated heterocycles. The third-order valence-corrected chi connectivity index (χ3v) is 3.13. The van der Waals surface area contributed by atoms with Gasteiger partial charge in [-0.2, -0.15) is 0 Å². The Kier molecular flexibility index (Phi) is 7.36. The molecule has 0 aliphatic heterocycles. The van der Waals surface area contributed by atoms with Crippen LogP contribution in [0.15, 0.2) is 24.3 Å². The van der Waals surface area contributed by atoms with Gasteiger partial charge in [-0.1, -0.05) is 23.7 Å². The maximum Gasteiger partial charge on any atom is 0.315 e. The Morgan fingerprint density at radius 3 is 2.85 bits per heavy atom. The van der Waals surface area contributed by atoms with Crippen molar-refractivity contribution >= 4 is 17.6 Å². The van der Waals surface area contributed by atoms with Crippen LogP contribution in [0.25, 0.3) is 0 Å². The minimum absolute atomic E-state index is 0.0463. The normalized spacial score (nSPS) is 13.6. The molecular formula is C14H21ClN2O3. The molecule has 0 heterocycles. The molecule has 0 radical (unpaired) electrons. The second-order valence-electron chi connectivity index (χ2n) is 4.55. The highest BCUT2D eigenvalue weighted by Crippen LogP contribution is 2.19. The van der Waals surface area contributed by atoms with Gasteiger partial charge in [0.05, 0.1) is 6.10 Å². The minimum atomic E-state index is -0.282. The number of methoxy groups -OCH3 is 1. The third kappa shape index (κ3) is 5.77. The average Bonchev–Trinajstić information content (AvgIpc) is 2.39. The number of hydrogen-bond donors (Lipinski definition) is 3. The van der Waals surface area contributed by atoms with Gasteiger partial charge in [-0.15, -0.1) is 0 Å². The van der Waals surface area contributed by atoms with Crippen LogP contribution in [0.5, 0.6) is 0 Å². The van der Waals surface area contributed by atoms with E-state index in [1.54, 1.807) is 13.2 Å². The summed E-state index contributed by atoms with van der Waals surface area (Å²) < 4.78 is 5.35. The predicted molar refractivity (Wildman–Crippen MR) is 78.9 cm³/mol. The SMILES string of the molecule is COC(CNC(=O)N[C@H](C)CCO)c1cccc(Cl)c1. The van der Waals surface area contributed by atoms with Crippen LogP contribution < -0.4 is 10.6 Å². The van der Waals surface area contributed by atoms with Gasteiger partial charge in [-0.05, 0) is 31.0 Å². The molecule has 1 unspecified atom stereocenters. The highest BCUT2D eigenvalue weighted by atomic mass is 35.5. The summed E-state index contributed by atoms with van der Waals surface area (Å²) in [5.74, 6) is 0. The first-order valence-corrected chi connectivity index (χ1v) is 6.88. The molecule has 3 N–H and O–H groups in total. The summed E-state index contributed by atoms with van der Waals surface area (Å²) in [7, 11) is 1.58. The summed E-state index contributed by atoms with van der Waals surface area (Å²) in [4.78, 5) is 11.7. The van der Waals surface area contributed by atoms with Gasteiger partial charge in [-0.25, -0.2) is 4.79 Å². The summed E-state index contributed by atoms with van der Waals surface area (Å²) >= 11 is 5.93. The van der Waals surface area contributed by atoms with Crippen molar-refractivity contribution in [1.29, 1.82) is 0 Å². The zero-order valence-electron chi connectivity index (χ0n) is 11.7. The number of benzene rings is 1. The summed E-state index contributed by atoms with van der Waals surface area (Å²) in [6, 6.07) is 6.97. The van der Waals surface area contributed by atoms with E-state index in [4.69, 9.17) is 21.4 Å². The van der Waals surface area contributed by atoms with Gasteiger partial charge in [0.2, 0.25) is 0 Å². The van der Waals surface area contributed by atoms with Crippen molar-refractivity contribution in [1.82, 2.24) is 10.6 Å². The molecule has 1 rings (SSSR count). The quantitative estimate of drug-likeness (QED) is 0.722. The number of aliphatic hydroxyl groups is 1. The van der Waals surface area contributed by atoms with Gasteiger partial charge in [0.15, 0.2) is 0 Å². The second-order valence-corrected chi connectivity index (χ2v) is 4.98. The van der Waals surface area contributed by atoms with E-state index in [0.29, 0.717) is 18.0 Å². The molecule has 0 bridgehead atoms. The zero-order valence-corrected chi connectivity index (χ0v) is 12.5. The second kappa shape index (κ2) is 8.79. The first-order valence-electron chi connectivity index (χ1n) is 6.50. The van der Waals surface area contributed by atoms with Crippen LogP contribution in [0.2, 0.25) is 5.02 Å². The molecule has 0 spiro atoms. The predicted octanol–water partition coefficient (Wildman–Crippen LogP) is 2.10. The van der Waals surface area contributed by atoms with Crippen molar-refractivity contribution in [2.45, 2.75) is 25.5 Å². The molecule has 0 aliphatic carbocycles. The molecule has 20 heavy (non-hydrogen) atoms. The number of amides is 2. The van der Waals surface area contributed by atoms with E-state index < -0.39 is 0 Å². The lowest BCUT2D eigenvalue weighted by Crippen LogP contribution is -2.42. The molecule has 0 fully saturated rings. The number of ether oxygens (including phenoxy) is 1. The fourth-order valence-corrected chi connectivity index (χ4v) is 1.97. The standard InChI is InChI=1S/C14H21ClN2O3/c1-10(6-7-18)17-14(19)16-9-13(20-2)11-4-3-5-12(15)8-11/h3-5,8,10,13,18H,6-7,9H2,1-2H3,(H2,16,17,19)/t10-,13?/m1/s1. The van der Waals surface area contributed by atoms with Crippen LogP contribution >= 0.6 is 11.6 Å². The smallest absolute Gasteiger partial charge is 0.315 e. The minimum Gasteiger partial charge on any atom is -0.396 e. The van der Waals surface area contributed by atoms with E-state index in [0.717, 1.165) is 5.56 Å². The van der Waals surface area contributed by atoms with Crippen molar-refractivity contribution in [2.75, 3.05) is 20.3 Å². The molecule has 2 atom stereocenters. The first kappa shape index (κ1) is 16.8. The summed E-state index contributed by atoms with van der Waals surface area (Å²) in [5.41, 5.74) is 0.906. The van der Waals surface area contributed by atoms with E-state index in [-0.39, 0.29) is 24.8 Å². The van der Waals surface area contributed by atoms with E-state index in [2.05, 4.69) is 10.6 Å². The maximum atomic E-state index is 11.7. The highest BCUT2D eigenvalue weighted by Gasteiger charge is 2.13. The Balaban J connectivity index is 2.47. The largest absolute Gasteiger partial charge is 0.396 e. The average molecular weight is 301 g/mol. The first-order chi connectivity index (χ1) is 9.56. The van der Waals surface area contributed by atoms with Crippen molar-refractivity contribution in [3.05, 3.63) is 34.9 Å².